The first-order valence-electron chi connectivity index (χ1n) is 9.72. The quantitative estimate of drug-likeness (QED) is 0.582. The first-order chi connectivity index (χ1) is 13.9. The molecular formula is C23H26N2O3S. The van der Waals surface area contributed by atoms with E-state index in [1.165, 1.54) is 0 Å². The normalized spacial score (nSPS) is 12.1. The topological polar surface area (TPSA) is 72.2 Å². The van der Waals surface area contributed by atoms with Crippen LogP contribution in [0.2, 0.25) is 0 Å². The van der Waals surface area contributed by atoms with E-state index in [-0.39, 0.29) is 5.91 Å². The molecule has 152 valence electrons. The predicted molar refractivity (Wildman–Crippen MR) is 115 cm³/mol. The monoisotopic (exact) mass is 410 g/mol. The van der Waals surface area contributed by atoms with Crippen molar-refractivity contribution in [3.05, 3.63) is 71.6 Å². The summed E-state index contributed by atoms with van der Waals surface area (Å²) in [6.07, 6.45) is 0.951. The van der Waals surface area contributed by atoms with Crippen molar-refractivity contribution in [1.82, 2.24) is 10.3 Å². The molecule has 6 heteroatoms. The molecule has 1 N–H and O–H groups in total. The number of oxazole rings is 1. The van der Waals surface area contributed by atoms with Gasteiger partial charge in [-0.3, -0.25) is 9.00 Å². The molecule has 1 heterocycles. The van der Waals surface area contributed by atoms with Crippen LogP contribution in [-0.4, -0.2) is 21.6 Å². The Hall–Kier alpha value is -2.73. The number of hydrogen-bond donors (Lipinski definition) is 1. The van der Waals surface area contributed by atoms with Crippen LogP contribution in [0.4, 0.5) is 0 Å². The summed E-state index contributed by atoms with van der Waals surface area (Å²) in [7, 11) is -1.18. The third kappa shape index (κ3) is 5.64. The van der Waals surface area contributed by atoms with E-state index in [0.717, 1.165) is 16.9 Å². The number of nitrogens with one attached hydrogen (secondary N) is 1. The van der Waals surface area contributed by atoms with E-state index in [1.54, 1.807) is 12.1 Å². The van der Waals surface area contributed by atoms with Gasteiger partial charge in [0.15, 0.2) is 0 Å². The van der Waals surface area contributed by atoms with Gasteiger partial charge in [0, 0.05) is 22.6 Å². The van der Waals surface area contributed by atoms with Crippen molar-refractivity contribution in [2.24, 2.45) is 5.92 Å². The van der Waals surface area contributed by atoms with E-state index in [0.29, 0.717) is 41.1 Å². The average Bonchev–Trinajstić information content (AvgIpc) is 3.08. The Balaban J connectivity index is 1.67. The van der Waals surface area contributed by atoms with Crippen molar-refractivity contribution >= 4 is 16.7 Å². The maximum absolute atomic E-state index is 12.5. The zero-order valence-corrected chi connectivity index (χ0v) is 17.8. The van der Waals surface area contributed by atoms with Gasteiger partial charge in [-0.2, -0.15) is 0 Å². The zero-order chi connectivity index (χ0) is 20.8. The fourth-order valence-corrected chi connectivity index (χ4v) is 3.95. The molecule has 0 spiro atoms. The van der Waals surface area contributed by atoms with Crippen LogP contribution in [0.25, 0.3) is 11.5 Å². The van der Waals surface area contributed by atoms with Crippen LogP contribution >= 0.6 is 0 Å². The highest BCUT2D eigenvalue weighted by atomic mass is 32.2. The van der Waals surface area contributed by atoms with Gasteiger partial charge in [-0.15, -0.1) is 0 Å². The zero-order valence-electron chi connectivity index (χ0n) is 17.0. The lowest BCUT2D eigenvalue weighted by Gasteiger charge is -2.07. The fourth-order valence-electron chi connectivity index (χ4n) is 2.81. The van der Waals surface area contributed by atoms with Crippen LogP contribution < -0.4 is 5.32 Å². The van der Waals surface area contributed by atoms with E-state index in [4.69, 9.17) is 4.42 Å². The smallest absolute Gasteiger partial charge is 0.251 e. The molecule has 0 bridgehead atoms. The first kappa shape index (κ1) is 21.0. The number of carbonyl (C=O) groups excluding carboxylic acids is 1. The standard InChI is InChI=1S/C23H26N2O3S/c1-16(2)13-14-24-22(26)18-9-11-19(12-10-18)23-25-21(17(3)28-23)15-29(27)20-7-5-4-6-8-20/h4-12,16H,13-15H2,1-3H3,(H,24,26). The molecule has 1 amide bonds. The molecule has 29 heavy (non-hydrogen) atoms. The minimum absolute atomic E-state index is 0.0836. The molecule has 0 radical (unpaired) electrons. The SMILES string of the molecule is Cc1oc(-c2ccc(C(=O)NCCC(C)C)cc2)nc1CS(=O)c1ccccc1. The van der Waals surface area contributed by atoms with Crippen LogP contribution in [-0.2, 0) is 16.6 Å². The fraction of sp³-hybridized carbons (Fsp3) is 0.304. The van der Waals surface area contributed by atoms with E-state index >= 15 is 0 Å². The summed E-state index contributed by atoms with van der Waals surface area (Å²) in [5, 5.41) is 2.93. The van der Waals surface area contributed by atoms with Gasteiger partial charge in [0.05, 0.1) is 22.2 Å². The summed E-state index contributed by atoms with van der Waals surface area (Å²) >= 11 is 0. The van der Waals surface area contributed by atoms with Gasteiger partial charge in [-0.05, 0) is 55.7 Å². The van der Waals surface area contributed by atoms with Crippen molar-refractivity contribution in [3.63, 3.8) is 0 Å². The number of amides is 1. The van der Waals surface area contributed by atoms with Gasteiger partial charge < -0.3 is 9.73 Å². The van der Waals surface area contributed by atoms with E-state index < -0.39 is 10.8 Å². The minimum Gasteiger partial charge on any atom is -0.441 e. The van der Waals surface area contributed by atoms with E-state index in [2.05, 4.69) is 24.1 Å². The third-order valence-corrected chi connectivity index (χ3v) is 5.90. The van der Waals surface area contributed by atoms with Crippen molar-refractivity contribution in [2.75, 3.05) is 6.54 Å². The Morgan fingerprint density at radius 1 is 1.10 bits per heavy atom. The molecule has 1 aromatic heterocycles. The van der Waals surface area contributed by atoms with Crippen LogP contribution in [0, 0.1) is 12.8 Å². The van der Waals surface area contributed by atoms with Crippen LogP contribution in [0.1, 0.15) is 42.1 Å². The highest BCUT2D eigenvalue weighted by Gasteiger charge is 2.15. The van der Waals surface area contributed by atoms with Crippen molar-refractivity contribution in [2.45, 2.75) is 37.8 Å². The van der Waals surface area contributed by atoms with Gasteiger partial charge in [-0.1, -0.05) is 32.0 Å². The van der Waals surface area contributed by atoms with E-state index in [1.807, 2.05) is 49.4 Å². The summed E-state index contributed by atoms with van der Waals surface area (Å²) in [5.74, 6) is 1.89. The van der Waals surface area contributed by atoms with Gasteiger partial charge in [0.1, 0.15) is 5.76 Å². The molecule has 3 aromatic rings. The second-order valence-electron chi connectivity index (χ2n) is 7.34. The number of rotatable bonds is 8. The van der Waals surface area contributed by atoms with Crippen LogP contribution in [0.3, 0.4) is 0 Å². The molecule has 0 saturated carbocycles. The molecule has 0 aliphatic heterocycles. The third-order valence-electron chi connectivity index (χ3n) is 4.57. The summed E-state index contributed by atoms with van der Waals surface area (Å²) < 4.78 is 18.3. The van der Waals surface area contributed by atoms with Gasteiger partial charge in [0.2, 0.25) is 5.89 Å². The predicted octanol–water partition coefficient (Wildman–Crippen LogP) is 4.73. The molecule has 1 unspecified atom stereocenters. The number of carbonyl (C=O) groups is 1. The number of hydrogen-bond acceptors (Lipinski definition) is 4. The summed E-state index contributed by atoms with van der Waals surface area (Å²) in [5.41, 5.74) is 2.06. The summed E-state index contributed by atoms with van der Waals surface area (Å²) in [4.78, 5) is 17.5. The molecule has 3 rings (SSSR count). The summed E-state index contributed by atoms with van der Waals surface area (Å²) in [6.45, 7) is 6.75. The van der Waals surface area contributed by atoms with Crippen molar-refractivity contribution < 1.29 is 13.4 Å². The minimum atomic E-state index is -1.18. The molecular weight excluding hydrogens is 384 g/mol. The average molecular weight is 411 g/mol. The second kappa shape index (κ2) is 9.65. The van der Waals surface area contributed by atoms with E-state index in [9.17, 15) is 9.00 Å². The van der Waals surface area contributed by atoms with Crippen LogP contribution in [0.15, 0.2) is 63.9 Å². The highest BCUT2D eigenvalue weighted by Crippen LogP contribution is 2.24. The molecule has 0 aliphatic rings. The Bertz CT molecular complexity index is 979. The number of aromatic nitrogens is 1. The number of aryl methyl sites for hydroxylation is 1. The van der Waals surface area contributed by atoms with Crippen molar-refractivity contribution in [3.8, 4) is 11.5 Å². The Labute approximate surface area is 174 Å². The van der Waals surface area contributed by atoms with Crippen molar-refractivity contribution in [1.29, 1.82) is 0 Å². The number of benzene rings is 2. The maximum Gasteiger partial charge on any atom is 0.251 e. The Morgan fingerprint density at radius 2 is 1.79 bits per heavy atom. The summed E-state index contributed by atoms with van der Waals surface area (Å²) in [6, 6.07) is 16.5. The lowest BCUT2D eigenvalue weighted by Crippen LogP contribution is -2.25. The Kier molecular flexibility index (Phi) is 6.99. The molecule has 0 fully saturated rings. The highest BCUT2D eigenvalue weighted by molar-refractivity contribution is 7.84. The largest absolute Gasteiger partial charge is 0.441 e. The molecule has 0 aliphatic carbocycles. The van der Waals surface area contributed by atoms with Gasteiger partial charge >= 0.3 is 0 Å². The van der Waals surface area contributed by atoms with Gasteiger partial charge in [0.25, 0.3) is 5.91 Å². The molecule has 0 saturated heterocycles. The second-order valence-corrected chi connectivity index (χ2v) is 8.79. The molecule has 2 aromatic carbocycles. The maximum atomic E-state index is 12.5. The van der Waals surface area contributed by atoms with Crippen LogP contribution in [0.5, 0.6) is 0 Å². The number of nitrogens with zero attached hydrogens (tertiary/aromatic N) is 1. The molecule has 5 nitrogen and oxygen atoms in total. The first-order valence-corrected chi connectivity index (χ1v) is 11.0. The lowest BCUT2D eigenvalue weighted by atomic mass is 10.1. The lowest BCUT2D eigenvalue weighted by molar-refractivity contribution is 0.0952. The molecule has 1 atom stereocenters. The Morgan fingerprint density at radius 3 is 2.45 bits per heavy atom. The van der Waals surface area contributed by atoms with Gasteiger partial charge in [-0.25, -0.2) is 4.98 Å².